The molecular formula is C26H20O2. The third kappa shape index (κ3) is 1.24. The zero-order chi connectivity index (χ0) is 18.4. The van der Waals surface area contributed by atoms with Gasteiger partial charge in [-0.15, -0.1) is 0 Å². The molecule has 0 amide bonds. The topological polar surface area (TPSA) is 18.5 Å². The van der Waals surface area contributed by atoms with Gasteiger partial charge in [0.25, 0.3) is 0 Å². The minimum absolute atomic E-state index is 0.0811. The molecule has 0 aromatic heterocycles. The minimum atomic E-state index is -0.0811. The van der Waals surface area contributed by atoms with Crippen molar-refractivity contribution in [3.8, 4) is 0 Å². The van der Waals surface area contributed by atoms with Crippen molar-refractivity contribution in [2.75, 3.05) is 0 Å². The Morgan fingerprint density at radius 2 is 1.46 bits per heavy atom. The molecule has 4 bridgehead atoms. The van der Waals surface area contributed by atoms with E-state index in [2.05, 4.69) is 74.6 Å². The number of hydrogen-bond donors (Lipinski definition) is 0. The van der Waals surface area contributed by atoms with Crippen molar-refractivity contribution in [3.05, 3.63) is 105 Å². The molecular weight excluding hydrogens is 344 g/mol. The predicted octanol–water partition coefficient (Wildman–Crippen LogP) is 4.58. The first-order chi connectivity index (χ1) is 13.6. The Morgan fingerprint density at radius 1 is 0.714 bits per heavy atom. The quantitative estimate of drug-likeness (QED) is 0.586. The molecule has 2 nitrogen and oxygen atoms in total. The first kappa shape index (κ1) is 14.6. The van der Waals surface area contributed by atoms with Gasteiger partial charge in [0, 0.05) is 10.8 Å². The fourth-order valence-corrected chi connectivity index (χ4v) is 7.03. The molecule has 1 fully saturated rings. The molecule has 4 heterocycles. The summed E-state index contributed by atoms with van der Waals surface area (Å²) in [6.45, 7) is 4.90. The van der Waals surface area contributed by atoms with E-state index in [1.54, 1.807) is 0 Å². The maximum absolute atomic E-state index is 6.23. The van der Waals surface area contributed by atoms with Crippen molar-refractivity contribution in [2.24, 2.45) is 10.8 Å². The second-order valence-corrected chi connectivity index (χ2v) is 9.41. The van der Waals surface area contributed by atoms with Crippen molar-refractivity contribution >= 4 is 0 Å². The Labute approximate surface area is 164 Å². The van der Waals surface area contributed by atoms with E-state index in [-0.39, 0.29) is 35.2 Å². The van der Waals surface area contributed by atoms with Gasteiger partial charge in [0.1, 0.15) is 24.4 Å². The molecule has 0 saturated carbocycles. The Hall–Kier alpha value is -2.42. The van der Waals surface area contributed by atoms with Crippen LogP contribution in [0.25, 0.3) is 0 Å². The lowest BCUT2D eigenvalue weighted by molar-refractivity contribution is 0.128. The molecule has 0 spiro atoms. The molecule has 0 unspecified atom stereocenters. The third-order valence-electron chi connectivity index (χ3n) is 8.61. The van der Waals surface area contributed by atoms with E-state index in [9.17, 15) is 0 Å². The summed E-state index contributed by atoms with van der Waals surface area (Å²) in [5, 5.41) is 0. The SMILES string of the molecule is C[C@]12C3=CC4=C(C1=CC=C1C=C5C(=C(C=C3)[C@@]12C)[C@H]1C=C[C@@H]5O1)[C@@H]1C=C[C@H]4O1. The van der Waals surface area contributed by atoms with Crippen molar-refractivity contribution in [2.45, 2.75) is 38.3 Å². The van der Waals surface area contributed by atoms with Crippen molar-refractivity contribution in [1.82, 2.24) is 0 Å². The van der Waals surface area contributed by atoms with Gasteiger partial charge >= 0.3 is 0 Å². The van der Waals surface area contributed by atoms with Crippen LogP contribution in [-0.4, -0.2) is 24.4 Å². The molecule has 4 aliphatic heterocycles. The van der Waals surface area contributed by atoms with Crippen LogP contribution in [0.1, 0.15) is 13.8 Å². The molecule has 0 aromatic carbocycles. The van der Waals surface area contributed by atoms with E-state index < -0.39 is 0 Å². The predicted molar refractivity (Wildman–Crippen MR) is 107 cm³/mol. The van der Waals surface area contributed by atoms with Gasteiger partial charge in [-0.2, -0.15) is 0 Å². The highest BCUT2D eigenvalue weighted by atomic mass is 16.5. The van der Waals surface area contributed by atoms with Gasteiger partial charge in [0.05, 0.1) is 0 Å². The molecule has 2 heteroatoms. The summed E-state index contributed by atoms with van der Waals surface area (Å²) in [5.41, 5.74) is 11.1. The molecule has 8 rings (SSSR count). The van der Waals surface area contributed by atoms with Gasteiger partial charge in [-0.3, -0.25) is 0 Å². The highest BCUT2D eigenvalue weighted by Gasteiger charge is 2.61. The first-order valence-electron chi connectivity index (χ1n) is 10.3. The van der Waals surface area contributed by atoms with E-state index in [1.165, 1.54) is 44.6 Å². The molecule has 1 saturated heterocycles. The molecule has 4 aliphatic carbocycles. The second-order valence-electron chi connectivity index (χ2n) is 9.41. The summed E-state index contributed by atoms with van der Waals surface area (Å²) >= 11 is 0. The van der Waals surface area contributed by atoms with Gasteiger partial charge in [-0.1, -0.05) is 74.6 Å². The van der Waals surface area contributed by atoms with Crippen LogP contribution in [-0.2, 0) is 9.47 Å². The van der Waals surface area contributed by atoms with Crippen LogP contribution in [0.4, 0.5) is 0 Å². The molecule has 0 radical (unpaired) electrons. The first-order valence-corrected chi connectivity index (χ1v) is 10.3. The number of rotatable bonds is 0. The Balaban J connectivity index is 1.48. The zero-order valence-corrected chi connectivity index (χ0v) is 15.9. The molecule has 6 atom stereocenters. The lowest BCUT2D eigenvalue weighted by Gasteiger charge is -2.58. The number of hydrogen-bond acceptors (Lipinski definition) is 2. The summed E-state index contributed by atoms with van der Waals surface area (Å²) < 4.78 is 12.5. The highest BCUT2D eigenvalue weighted by molar-refractivity contribution is 5.76. The van der Waals surface area contributed by atoms with E-state index in [0.29, 0.717) is 0 Å². The van der Waals surface area contributed by atoms with Crippen LogP contribution in [0, 0.1) is 10.8 Å². The van der Waals surface area contributed by atoms with Crippen LogP contribution in [0.5, 0.6) is 0 Å². The fraction of sp³-hybridized carbons (Fsp3) is 0.308. The number of fused-ring (bicyclic) bond motifs is 10. The average molecular weight is 364 g/mol. The lowest BCUT2D eigenvalue weighted by Crippen LogP contribution is -2.49. The standard InChI is InChI=1S/C26H20O2/c1-25-13-3-6-18-24-16(20-8-10-22(24)28-20)12-14(26(18,25)2)4-5-17(25)23-15(11-13)19-7-9-21(23)27-19/h3-12,19-22H,1-2H3/t19-,20+,21+,22-,25+,26-. The summed E-state index contributed by atoms with van der Waals surface area (Å²) in [6, 6.07) is 0. The maximum Gasteiger partial charge on any atom is 0.103 e. The summed E-state index contributed by atoms with van der Waals surface area (Å²) in [6.07, 6.45) is 23.7. The van der Waals surface area contributed by atoms with Crippen molar-refractivity contribution < 1.29 is 9.47 Å². The highest BCUT2D eigenvalue weighted by Crippen LogP contribution is 2.69. The summed E-state index contributed by atoms with van der Waals surface area (Å²) in [5.74, 6) is 0. The van der Waals surface area contributed by atoms with Crippen LogP contribution in [0.3, 0.4) is 0 Å². The van der Waals surface area contributed by atoms with E-state index >= 15 is 0 Å². The van der Waals surface area contributed by atoms with Crippen LogP contribution >= 0.6 is 0 Å². The largest absolute Gasteiger partial charge is 0.357 e. The summed E-state index contributed by atoms with van der Waals surface area (Å²) in [4.78, 5) is 0. The Kier molecular flexibility index (Phi) is 2.14. The lowest BCUT2D eigenvalue weighted by atomic mass is 9.44. The van der Waals surface area contributed by atoms with Crippen molar-refractivity contribution in [3.63, 3.8) is 0 Å². The second kappa shape index (κ2) is 4.12. The van der Waals surface area contributed by atoms with Crippen LogP contribution in [0.2, 0.25) is 0 Å². The maximum atomic E-state index is 6.23. The van der Waals surface area contributed by atoms with Gasteiger partial charge in [-0.25, -0.2) is 0 Å². The third-order valence-corrected chi connectivity index (χ3v) is 8.61. The van der Waals surface area contributed by atoms with Gasteiger partial charge in [0.2, 0.25) is 0 Å². The van der Waals surface area contributed by atoms with E-state index in [1.807, 2.05) is 0 Å². The molecule has 136 valence electrons. The van der Waals surface area contributed by atoms with Gasteiger partial charge in [-0.05, 0) is 44.6 Å². The molecule has 0 N–H and O–H groups in total. The average Bonchev–Trinajstić information content (AvgIpc) is 3.46. The van der Waals surface area contributed by atoms with Crippen LogP contribution in [0.15, 0.2) is 105 Å². The summed E-state index contributed by atoms with van der Waals surface area (Å²) in [7, 11) is 0. The van der Waals surface area contributed by atoms with Crippen LogP contribution < -0.4 is 0 Å². The molecule has 28 heavy (non-hydrogen) atoms. The normalized spacial score (nSPS) is 47.1. The smallest absolute Gasteiger partial charge is 0.103 e. The van der Waals surface area contributed by atoms with Gasteiger partial charge in [0.15, 0.2) is 0 Å². The fourth-order valence-electron chi connectivity index (χ4n) is 7.03. The Morgan fingerprint density at radius 3 is 2.36 bits per heavy atom. The van der Waals surface area contributed by atoms with Gasteiger partial charge < -0.3 is 9.47 Å². The van der Waals surface area contributed by atoms with E-state index in [0.717, 1.165) is 0 Å². The zero-order valence-electron chi connectivity index (χ0n) is 15.9. The number of ether oxygens (including phenoxy) is 2. The Bertz CT molecular complexity index is 1210. The van der Waals surface area contributed by atoms with E-state index in [4.69, 9.17) is 9.47 Å². The molecule has 0 aromatic rings. The minimum Gasteiger partial charge on any atom is -0.357 e. The number of allylic oxidation sites excluding steroid dienone is 8. The van der Waals surface area contributed by atoms with Crippen molar-refractivity contribution in [1.29, 1.82) is 0 Å². The molecule has 8 aliphatic rings. The monoisotopic (exact) mass is 364 g/mol.